The fraction of sp³-hybridized carbons (Fsp3) is 0.250. The molecule has 0 unspecified atom stereocenters. The number of esters is 1. The maximum atomic E-state index is 12.7. The average Bonchev–Trinajstić information content (AvgIpc) is 3.05. The number of imide groups is 1. The largest absolute Gasteiger partial charge is 0.493 e. The SMILES string of the molecule is COc1cc(/C=C2/SC(=O)N(CC(=O)OC(C)C)C2=O)cc(Br)c1OCc1ccc(C#N)cc1. The lowest BCUT2D eigenvalue weighted by atomic mass is 10.1. The molecule has 10 heteroatoms. The zero-order valence-electron chi connectivity index (χ0n) is 18.7. The Morgan fingerprint density at radius 2 is 1.94 bits per heavy atom. The predicted molar refractivity (Wildman–Crippen MR) is 130 cm³/mol. The smallest absolute Gasteiger partial charge is 0.326 e. The standard InChI is InChI=1S/C24H21BrN2O6S/c1-14(2)33-21(28)12-27-23(29)20(34-24(27)30)10-17-8-18(25)22(19(9-17)31-3)32-13-16-6-4-15(11-26)5-7-16/h4-10,14H,12-13H2,1-3H3/b20-10+. The monoisotopic (exact) mass is 544 g/mol. The summed E-state index contributed by atoms with van der Waals surface area (Å²) in [6.45, 7) is 3.20. The average molecular weight is 545 g/mol. The van der Waals surface area contributed by atoms with Crippen molar-refractivity contribution in [2.24, 2.45) is 0 Å². The van der Waals surface area contributed by atoms with Crippen molar-refractivity contribution >= 4 is 50.9 Å². The van der Waals surface area contributed by atoms with Gasteiger partial charge in [-0.25, -0.2) is 0 Å². The van der Waals surface area contributed by atoms with E-state index in [-0.39, 0.29) is 17.6 Å². The van der Waals surface area contributed by atoms with Crippen molar-refractivity contribution < 1.29 is 28.6 Å². The number of rotatable bonds is 8. The highest BCUT2D eigenvalue weighted by Gasteiger charge is 2.36. The van der Waals surface area contributed by atoms with Crippen LogP contribution in [0.1, 0.15) is 30.5 Å². The molecule has 0 N–H and O–H groups in total. The first-order valence-electron chi connectivity index (χ1n) is 10.2. The van der Waals surface area contributed by atoms with E-state index in [2.05, 4.69) is 22.0 Å². The number of nitrogens with zero attached hydrogens (tertiary/aromatic N) is 2. The van der Waals surface area contributed by atoms with Crippen LogP contribution in [0.3, 0.4) is 0 Å². The second-order valence-electron chi connectivity index (χ2n) is 7.44. The van der Waals surface area contributed by atoms with Gasteiger partial charge in [0.25, 0.3) is 11.1 Å². The van der Waals surface area contributed by atoms with Gasteiger partial charge in [-0.15, -0.1) is 0 Å². The van der Waals surface area contributed by atoms with Crippen molar-refractivity contribution in [3.05, 3.63) is 62.5 Å². The highest BCUT2D eigenvalue weighted by atomic mass is 79.9. The summed E-state index contributed by atoms with van der Waals surface area (Å²) < 4.78 is 17.0. The van der Waals surface area contributed by atoms with E-state index < -0.39 is 23.7 Å². The summed E-state index contributed by atoms with van der Waals surface area (Å²) in [7, 11) is 1.49. The van der Waals surface area contributed by atoms with Gasteiger partial charge in [0.05, 0.1) is 34.2 Å². The number of carbonyl (C=O) groups is 3. The molecule has 1 aliphatic rings. The van der Waals surface area contributed by atoms with Gasteiger partial charge in [0.1, 0.15) is 13.2 Å². The molecule has 0 aliphatic carbocycles. The van der Waals surface area contributed by atoms with Crippen molar-refractivity contribution in [3.8, 4) is 17.6 Å². The molecule has 0 saturated carbocycles. The summed E-state index contributed by atoms with van der Waals surface area (Å²) in [6.07, 6.45) is 1.21. The molecule has 1 saturated heterocycles. The maximum Gasteiger partial charge on any atom is 0.326 e. The van der Waals surface area contributed by atoms with Crippen LogP contribution in [-0.4, -0.2) is 41.8 Å². The maximum absolute atomic E-state index is 12.7. The Balaban J connectivity index is 1.76. The van der Waals surface area contributed by atoms with Crippen LogP contribution in [0.15, 0.2) is 45.8 Å². The van der Waals surface area contributed by atoms with Crippen LogP contribution in [-0.2, 0) is 20.9 Å². The number of thioether (sulfide) groups is 1. The third-order valence-corrected chi connectivity index (χ3v) is 6.04. The van der Waals surface area contributed by atoms with Gasteiger partial charge in [0, 0.05) is 0 Å². The number of nitriles is 1. The van der Waals surface area contributed by atoms with Crippen molar-refractivity contribution in [1.82, 2.24) is 4.90 Å². The number of benzene rings is 2. The number of halogens is 1. The van der Waals surface area contributed by atoms with Gasteiger partial charge in [0.2, 0.25) is 0 Å². The molecule has 8 nitrogen and oxygen atoms in total. The second-order valence-corrected chi connectivity index (χ2v) is 9.29. The number of methoxy groups -OCH3 is 1. The van der Waals surface area contributed by atoms with Crippen LogP contribution in [0.2, 0.25) is 0 Å². The molecule has 2 amide bonds. The van der Waals surface area contributed by atoms with Crippen molar-refractivity contribution in [3.63, 3.8) is 0 Å². The summed E-state index contributed by atoms with van der Waals surface area (Å²) in [5, 5.41) is 8.37. The fourth-order valence-corrected chi connectivity index (χ4v) is 4.42. The molecule has 3 rings (SSSR count). The highest BCUT2D eigenvalue weighted by molar-refractivity contribution is 9.10. The van der Waals surface area contributed by atoms with Crippen molar-refractivity contribution in [1.29, 1.82) is 5.26 Å². The fourth-order valence-electron chi connectivity index (χ4n) is 3.01. The number of hydrogen-bond acceptors (Lipinski definition) is 8. The summed E-state index contributed by atoms with van der Waals surface area (Å²) >= 11 is 4.22. The number of ether oxygens (including phenoxy) is 3. The first-order chi connectivity index (χ1) is 16.2. The van der Waals surface area contributed by atoms with Crippen LogP contribution in [0, 0.1) is 11.3 Å². The van der Waals surface area contributed by atoms with Gasteiger partial charge in [-0.1, -0.05) is 12.1 Å². The molecule has 1 heterocycles. The van der Waals surface area contributed by atoms with Crippen molar-refractivity contribution in [2.75, 3.05) is 13.7 Å². The van der Waals surface area contributed by atoms with E-state index in [0.29, 0.717) is 27.1 Å². The van der Waals surface area contributed by atoms with E-state index in [1.807, 2.05) is 0 Å². The predicted octanol–water partition coefficient (Wildman–Crippen LogP) is 4.90. The number of amides is 2. The Hall–Kier alpha value is -3.29. The molecule has 0 spiro atoms. The first-order valence-corrected chi connectivity index (χ1v) is 11.8. The zero-order valence-corrected chi connectivity index (χ0v) is 21.1. The summed E-state index contributed by atoms with van der Waals surface area (Å²) in [5.41, 5.74) is 2.04. The first kappa shape index (κ1) is 25.3. The number of carbonyl (C=O) groups excluding carboxylic acids is 3. The van der Waals surface area contributed by atoms with Crippen LogP contribution in [0.4, 0.5) is 4.79 Å². The minimum atomic E-state index is -0.647. The van der Waals surface area contributed by atoms with E-state index in [0.717, 1.165) is 22.2 Å². The van der Waals surface area contributed by atoms with E-state index in [9.17, 15) is 14.4 Å². The number of hydrogen-bond donors (Lipinski definition) is 0. The molecule has 1 fully saturated rings. The van der Waals surface area contributed by atoms with Gasteiger partial charge in [0.15, 0.2) is 11.5 Å². The molecule has 0 aromatic heterocycles. The Morgan fingerprint density at radius 1 is 1.24 bits per heavy atom. The van der Waals surface area contributed by atoms with Crippen LogP contribution in [0.25, 0.3) is 6.08 Å². The van der Waals surface area contributed by atoms with Gasteiger partial charge >= 0.3 is 5.97 Å². The lowest BCUT2D eigenvalue weighted by Gasteiger charge is -2.14. The Bertz CT molecular complexity index is 1190. The molecule has 2 aromatic carbocycles. The van der Waals surface area contributed by atoms with Gasteiger partial charge < -0.3 is 14.2 Å². The van der Waals surface area contributed by atoms with E-state index >= 15 is 0 Å². The molecular weight excluding hydrogens is 524 g/mol. The Kier molecular flexibility index (Phi) is 8.36. The van der Waals surface area contributed by atoms with Gasteiger partial charge in [-0.05, 0) is 83.0 Å². The van der Waals surface area contributed by atoms with Crippen LogP contribution < -0.4 is 9.47 Å². The molecule has 0 bridgehead atoms. The second kappa shape index (κ2) is 11.2. The Labute approximate surface area is 209 Å². The third kappa shape index (κ3) is 6.18. The molecule has 2 aromatic rings. The molecule has 0 atom stereocenters. The minimum absolute atomic E-state index is 0.183. The minimum Gasteiger partial charge on any atom is -0.493 e. The lowest BCUT2D eigenvalue weighted by Crippen LogP contribution is -2.35. The quantitative estimate of drug-likeness (QED) is 0.341. The normalized spacial score (nSPS) is 14.5. The molecule has 1 aliphatic heterocycles. The molecule has 0 radical (unpaired) electrons. The van der Waals surface area contributed by atoms with Gasteiger partial charge in [-0.3, -0.25) is 19.3 Å². The van der Waals surface area contributed by atoms with Gasteiger partial charge in [-0.2, -0.15) is 5.26 Å². The van der Waals surface area contributed by atoms with Crippen LogP contribution >= 0.6 is 27.7 Å². The summed E-state index contributed by atoms with van der Waals surface area (Å²) in [5.74, 6) is -0.318. The van der Waals surface area contributed by atoms with Crippen molar-refractivity contribution in [2.45, 2.75) is 26.6 Å². The summed E-state index contributed by atoms with van der Waals surface area (Å²) in [4.78, 5) is 37.9. The van der Waals surface area contributed by atoms with E-state index in [1.165, 1.54) is 7.11 Å². The van der Waals surface area contributed by atoms with Crippen LogP contribution in [0.5, 0.6) is 11.5 Å². The highest BCUT2D eigenvalue weighted by Crippen LogP contribution is 2.39. The lowest BCUT2D eigenvalue weighted by molar-refractivity contribution is -0.149. The Morgan fingerprint density at radius 3 is 2.56 bits per heavy atom. The zero-order chi connectivity index (χ0) is 24.8. The third-order valence-electron chi connectivity index (χ3n) is 4.54. The molecular formula is C24H21BrN2O6S. The van der Waals surface area contributed by atoms with E-state index in [4.69, 9.17) is 19.5 Å². The molecule has 176 valence electrons. The molecule has 34 heavy (non-hydrogen) atoms. The van der Waals surface area contributed by atoms with E-state index in [1.54, 1.807) is 56.3 Å². The summed E-state index contributed by atoms with van der Waals surface area (Å²) in [6, 6.07) is 12.5. The topological polar surface area (TPSA) is 106 Å².